The van der Waals surface area contributed by atoms with E-state index in [1.54, 1.807) is 16.2 Å². The Kier molecular flexibility index (Phi) is 7.71. The summed E-state index contributed by atoms with van der Waals surface area (Å²) >= 11 is 1.74. The number of aryl methyl sites for hydroxylation is 1. The van der Waals surface area contributed by atoms with E-state index in [0.717, 1.165) is 42.7 Å². The molecule has 1 aromatic carbocycles. The van der Waals surface area contributed by atoms with E-state index in [-0.39, 0.29) is 36.4 Å². The van der Waals surface area contributed by atoms with Crippen molar-refractivity contribution >= 4 is 23.2 Å². The van der Waals surface area contributed by atoms with E-state index in [2.05, 4.69) is 11.4 Å². The zero-order valence-corrected chi connectivity index (χ0v) is 20.6. The Morgan fingerprint density at radius 1 is 1.27 bits per heavy atom. The molecule has 4 rings (SSSR count). The van der Waals surface area contributed by atoms with Crippen LogP contribution >= 0.6 is 11.3 Å². The minimum atomic E-state index is -0.163. The van der Waals surface area contributed by atoms with E-state index < -0.39 is 0 Å². The van der Waals surface area contributed by atoms with Gasteiger partial charge in [0, 0.05) is 30.5 Å². The predicted octanol–water partition coefficient (Wildman–Crippen LogP) is 4.22. The highest BCUT2D eigenvalue weighted by atomic mass is 32.1. The molecule has 0 bridgehead atoms. The van der Waals surface area contributed by atoms with Crippen LogP contribution in [0.1, 0.15) is 48.7 Å². The van der Waals surface area contributed by atoms with Gasteiger partial charge in [0.15, 0.2) is 0 Å². The molecule has 2 aliphatic heterocycles. The lowest BCUT2D eigenvalue weighted by molar-refractivity contribution is -0.145. The first-order valence-corrected chi connectivity index (χ1v) is 12.8. The molecule has 2 amide bonds. The Morgan fingerprint density at radius 2 is 2.09 bits per heavy atom. The minimum absolute atomic E-state index is 0.000192. The van der Waals surface area contributed by atoms with E-state index in [9.17, 15) is 9.59 Å². The maximum Gasteiger partial charge on any atom is 0.242 e. The molecule has 0 aliphatic carbocycles. The zero-order chi connectivity index (χ0) is 23.4. The van der Waals surface area contributed by atoms with Crippen molar-refractivity contribution in [2.24, 2.45) is 5.92 Å². The highest BCUT2D eigenvalue weighted by molar-refractivity contribution is 7.10. The molecule has 7 heteroatoms. The van der Waals surface area contributed by atoms with Crippen molar-refractivity contribution < 1.29 is 19.1 Å². The first kappa shape index (κ1) is 23.8. The Labute approximate surface area is 200 Å². The van der Waals surface area contributed by atoms with Gasteiger partial charge in [-0.15, -0.1) is 11.3 Å². The number of fused-ring (bicyclic) bond motifs is 1. The van der Waals surface area contributed by atoms with E-state index in [4.69, 9.17) is 9.47 Å². The molecule has 0 radical (unpaired) electrons. The second kappa shape index (κ2) is 10.7. The van der Waals surface area contributed by atoms with Gasteiger partial charge >= 0.3 is 0 Å². The van der Waals surface area contributed by atoms with Gasteiger partial charge in [0.25, 0.3) is 0 Å². The topological polar surface area (TPSA) is 59.1 Å². The van der Waals surface area contributed by atoms with Crippen LogP contribution in [0.5, 0.6) is 5.75 Å². The van der Waals surface area contributed by atoms with Gasteiger partial charge in [-0.25, -0.2) is 0 Å². The third-order valence-corrected chi connectivity index (χ3v) is 7.48. The molecule has 1 aromatic heterocycles. The number of thiophene rings is 1. The fourth-order valence-electron chi connectivity index (χ4n) is 4.65. The summed E-state index contributed by atoms with van der Waals surface area (Å²) in [6.45, 7) is 8.10. The largest absolute Gasteiger partial charge is 0.491 e. The summed E-state index contributed by atoms with van der Waals surface area (Å²) < 4.78 is 12.0. The molecule has 0 saturated carbocycles. The van der Waals surface area contributed by atoms with Gasteiger partial charge in [-0.1, -0.05) is 32.0 Å². The fourth-order valence-corrected chi connectivity index (χ4v) is 5.58. The number of rotatable bonds is 8. The highest BCUT2D eigenvalue weighted by Gasteiger charge is 2.34. The quantitative estimate of drug-likeness (QED) is 0.580. The third-order valence-electron chi connectivity index (χ3n) is 6.49. The maximum absolute atomic E-state index is 13.6. The molecular weight excluding hydrogens is 436 g/mol. The third kappa shape index (κ3) is 5.58. The second-order valence-corrected chi connectivity index (χ2v) is 10.2. The number of nitrogens with zero attached hydrogens (tertiary/aromatic N) is 2. The molecule has 0 unspecified atom stereocenters. The average molecular weight is 471 g/mol. The number of hydrogen-bond donors (Lipinski definition) is 0. The van der Waals surface area contributed by atoms with E-state index in [0.29, 0.717) is 19.7 Å². The normalized spacial score (nSPS) is 20.1. The van der Waals surface area contributed by atoms with Crippen LogP contribution in [0.4, 0.5) is 0 Å². The molecule has 0 N–H and O–H groups in total. The molecule has 1 saturated heterocycles. The van der Waals surface area contributed by atoms with Crippen LogP contribution < -0.4 is 4.74 Å². The summed E-state index contributed by atoms with van der Waals surface area (Å²) in [6, 6.07) is 9.88. The van der Waals surface area contributed by atoms with E-state index in [1.807, 2.05) is 49.9 Å². The second-order valence-electron chi connectivity index (χ2n) is 9.24. The van der Waals surface area contributed by atoms with Crippen molar-refractivity contribution in [3.63, 3.8) is 0 Å². The molecule has 33 heavy (non-hydrogen) atoms. The van der Waals surface area contributed by atoms with Crippen LogP contribution in [0, 0.1) is 12.8 Å². The van der Waals surface area contributed by atoms with Gasteiger partial charge in [0.2, 0.25) is 11.8 Å². The van der Waals surface area contributed by atoms with Crippen LogP contribution in [0.2, 0.25) is 0 Å². The van der Waals surface area contributed by atoms with Crippen LogP contribution in [-0.2, 0) is 20.7 Å². The monoisotopic (exact) mass is 470 g/mol. The molecular formula is C26H34N2O4S. The molecule has 178 valence electrons. The number of amides is 2. The summed E-state index contributed by atoms with van der Waals surface area (Å²) in [5, 5.41) is 2.09. The van der Waals surface area contributed by atoms with Crippen molar-refractivity contribution in [1.82, 2.24) is 9.80 Å². The number of hydrogen-bond acceptors (Lipinski definition) is 5. The number of benzene rings is 1. The number of carbonyl (C=O) groups excluding carboxylic acids is 2. The van der Waals surface area contributed by atoms with E-state index in [1.165, 1.54) is 4.88 Å². The molecule has 2 atom stereocenters. The minimum Gasteiger partial charge on any atom is -0.491 e. The Morgan fingerprint density at radius 3 is 2.82 bits per heavy atom. The molecule has 6 nitrogen and oxygen atoms in total. The lowest BCUT2D eigenvalue weighted by Crippen LogP contribution is -2.50. The number of para-hydroxylation sites is 1. The van der Waals surface area contributed by atoms with Gasteiger partial charge in [-0.2, -0.15) is 0 Å². The Hall–Kier alpha value is -2.38. The molecule has 2 aromatic rings. The maximum atomic E-state index is 13.6. The van der Waals surface area contributed by atoms with Crippen molar-refractivity contribution in [1.29, 1.82) is 0 Å². The zero-order valence-electron chi connectivity index (χ0n) is 19.8. The Balaban J connectivity index is 1.50. The molecule has 1 fully saturated rings. The van der Waals surface area contributed by atoms with E-state index >= 15 is 0 Å². The number of ether oxygens (including phenoxy) is 2. The number of carbonyl (C=O) groups is 2. The standard InChI is InChI=1S/C26H34N2O4S/c1-18(2)26(30)27(15-20-8-6-13-31-20)16-25(29)28-12-10-24-21(11-14-33-24)22(28)17-32-23-9-5-4-7-19(23)3/h4-5,7,9,11,14,18,20,22H,6,8,10,12-13,15-17H2,1-3H3/t20-,22+/m1/s1. The van der Waals surface area contributed by atoms with Crippen molar-refractivity contribution in [2.75, 3.05) is 32.8 Å². The van der Waals surface area contributed by atoms with Crippen LogP contribution in [0.25, 0.3) is 0 Å². The smallest absolute Gasteiger partial charge is 0.242 e. The van der Waals surface area contributed by atoms with Crippen molar-refractivity contribution in [3.05, 3.63) is 51.7 Å². The molecule has 2 aliphatic rings. The van der Waals surface area contributed by atoms with Crippen LogP contribution in [0.3, 0.4) is 0 Å². The van der Waals surface area contributed by atoms with Crippen molar-refractivity contribution in [2.45, 2.75) is 52.2 Å². The first-order chi connectivity index (χ1) is 15.9. The highest BCUT2D eigenvalue weighted by Crippen LogP contribution is 2.34. The molecule has 3 heterocycles. The van der Waals surface area contributed by atoms with Gasteiger partial charge < -0.3 is 19.3 Å². The summed E-state index contributed by atoms with van der Waals surface area (Å²) in [4.78, 5) is 31.4. The predicted molar refractivity (Wildman–Crippen MR) is 130 cm³/mol. The summed E-state index contributed by atoms with van der Waals surface area (Å²) in [6.07, 6.45) is 2.80. The first-order valence-electron chi connectivity index (χ1n) is 11.9. The van der Waals surface area contributed by atoms with Crippen molar-refractivity contribution in [3.8, 4) is 5.75 Å². The summed E-state index contributed by atoms with van der Waals surface area (Å²) in [5.74, 6) is 0.642. The lowest BCUT2D eigenvalue weighted by Gasteiger charge is -2.37. The van der Waals surface area contributed by atoms with Crippen LogP contribution in [0.15, 0.2) is 35.7 Å². The summed E-state index contributed by atoms with van der Waals surface area (Å²) in [5.41, 5.74) is 2.23. The van der Waals surface area contributed by atoms with Gasteiger partial charge in [0.1, 0.15) is 12.4 Å². The van der Waals surface area contributed by atoms with Gasteiger partial charge in [0.05, 0.1) is 18.7 Å². The Bertz CT molecular complexity index is 967. The van der Waals surface area contributed by atoms with Crippen LogP contribution in [-0.4, -0.2) is 60.6 Å². The van der Waals surface area contributed by atoms with Gasteiger partial charge in [-0.05, 0) is 54.8 Å². The summed E-state index contributed by atoms with van der Waals surface area (Å²) in [7, 11) is 0. The SMILES string of the molecule is Cc1ccccc1OC[C@H]1c2ccsc2CCN1C(=O)CN(C[C@H]1CCCO1)C(=O)C(C)C. The molecule has 0 spiro atoms. The average Bonchev–Trinajstić information content (AvgIpc) is 3.49. The lowest BCUT2D eigenvalue weighted by atomic mass is 10.00. The fraction of sp³-hybridized carbons (Fsp3) is 0.538. The van der Waals surface area contributed by atoms with Gasteiger partial charge in [-0.3, -0.25) is 9.59 Å².